The van der Waals surface area contributed by atoms with Crippen LogP contribution in [-0.4, -0.2) is 30.4 Å². The summed E-state index contributed by atoms with van der Waals surface area (Å²) in [5, 5.41) is 14.9. The molecular formula is C11H18N4O. The van der Waals surface area contributed by atoms with Crippen LogP contribution >= 0.6 is 0 Å². The summed E-state index contributed by atoms with van der Waals surface area (Å²) in [4.78, 5) is 8.30. The minimum absolute atomic E-state index is 0.0956. The van der Waals surface area contributed by atoms with Crippen molar-refractivity contribution in [1.82, 2.24) is 10.6 Å². The Labute approximate surface area is 95.7 Å². The quantitative estimate of drug-likeness (QED) is 0.643. The lowest BCUT2D eigenvalue weighted by atomic mass is 10.4. The van der Waals surface area contributed by atoms with Crippen LogP contribution in [0.1, 0.15) is 19.8 Å². The van der Waals surface area contributed by atoms with Crippen LogP contribution in [0.4, 0.5) is 0 Å². The van der Waals surface area contributed by atoms with Gasteiger partial charge in [0.15, 0.2) is 0 Å². The number of hydrogen-bond acceptors (Lipinski definition) is 5. The van der Waals surface area contributed by atoms with Crippen molar-refractivity contribution < 1.29 is 5.11 Å². The predicted octanol–water partition coefficient (Wildman–Crippen LogP) is 0.753. The molecule has 1 rings (SSSR count). The van der Waals surface area contributed by atoms with Gasteiger partial charge in [-0.05, 0) is 12.5 Å². The molecule has 1 heterocycles. The topological polar surface area (TPSA) is 69.0 Å². The zero-order chi connectivity index (χ0) is 11.6. The van der Waals surface area contributed by atoms with Crippen molar-refractivity contribution in [3.05, 3.63) is 24.2 Å². The molecule has 1 aliphatic rings. The largest absolute Gasteiger partial charge is 0.395 e. The Hall–Kier alpha value is -1.62. The van der Waals surface area contributed by atoms with Crippen LogP contribution < -0.4 is 10.6 Å². The van der Waals surface area contributed by atoms with Crippen LogP contribution in [0.25, 0.3) is 0 Å². The van der Waals surface area contributed by atoms with Crippen molar-refractivity contribution in [2.75, 3.05) is 13.2 Å². The summed E-state index contributed by atoms with van der Waals surface area (Å²) < 4.78 is 0. The zero-order valence-electron chi connectivity index (χ0n) is 9.48. The van der Waals surface area contributed by atoms with E-state index in [9.17, 15) is 0 Å². The Bertz CT molecular complexity index is 318. The van der Waals surface area contributed by atoms with Crippen LogP contribution in [0, 0.1) is 0 Å². The van der Waals surface area contributed by atoms with Crippen molar-refractivity contribution in [2.45, 2.75) is 19.8 Å². The number of aliphatic hydroxyl groups is 1. The third kappa shape index (κ3) is 4.75. The zero-order valence-corrected chi connectivity index (χ0v) is 9.48. The molecule has 0 unspecified atom stereocenters. The summed E-state index contributed by atoms with van der Waals surface area (Å²) in [5.74, 6) is 1.38. The Morgan fingerprint density at radius 1 is 1.62 bits per heavy atom. The van der Waals surface area contributed by atoms with Gasteiger partial charge in [0.25, 0.3) is 0 Å². The fourth-order valence-corrected chi connectivity index (χ4v) is 1.16. The van der Waals surface area contributed by atoms with E-state index in [-0.39, 0.29) is 6.61 Å². The SMILES string of the molecule is CC/C=C(\NCCO)NC1=NC=CCC=N1. The third-order valence-corrected chi connectivity index (χ3v) is 1.84. The molecule has 16 heavy (non-hydrogen) atoms. The first-order valence-corrected chi connectivity index (χ1v) is 5.44. The van der Waals surface area contributed by atoms with Gasteiger partial charge in [0.2, 0.25) is 5.96 Å². The normalized spacial score (nSPS) is 15.6. The summed E-state index contributed by atoms with van der Waals surface area (Å²) in [6, 6.07) is 0. The van der Waals surface area contributed by atoms with Gasteiger partial charge in [-0.3, -0.25) is 0 Å². The maximum atomic E-state index is 8.75. The van der Waals surface area contributed by atoms with Gasteiger partial charge in [-0.15, -0.1) is 0 Å². The molecule has 0 radical (unpaired) electrons. The lowest BCUT2D eigenvalue weighted by molar-refractivity contribution is 0.296. The van der Waals surface area contributed by atoms with E-state index in [0.717, 1.165) is 18.7 Å². The maximum absolute atomic E-state index is 8.75. The molecule has 0 aromatic rings. The fourth-order valence-electron chi connectivity index (χ4n) is 1.16. The number of aliphatic hydroxyl groups excluding tert-OH is 1. The lowest BCUT2D eigenvalue weighted by Gasteiger charge is -2.11. The molecule has 0 saturated carbocycles. The molecule has 0 aromatic carbocycles. The van der Waals surface area contributed by atoms with E-state index in [4.69, 9.17) is 5.11 Å². The molecule has 0 aromatic heterocycles. The van der Waals surface area contributed by atoms with Crippen LogP contribution in [-0.2, 0) is 0 Å². The summed E-state index contributed by atoms with van der Waals surface area (Å²) in [5.41, 5.74) is 0. The first-order valence-electron chi connectivity index (χ1n) is 5.44. The Morgan fingerprint density at radius 3 is 3.25 bits per heavy atom. The van der Waals surface area contributed by atoms with Gasteiger partial charge in [-0.2, -0.15) is 0 Å². The van der Waals surface area contributed by atoms with E-state index >= 15 is 0 Å². The van der Waals surface area contributed by atoms with Crippen LogP contribution in [0.5, 0.6) is 0 Å². The maximum Gasteiger partial charge on any atom is 0.227 e. The molecule has 0 atom stereocenters. The van der Waals surface area contributed by atoms with Crippen LogP contribution in [0.3, 0.4) is 0 Å². The monoisotopic (exact) mass is 222 g/mol. The van der Waals surface area contributed by atoms with Crippen molar-refractivity contribution >= 4 is 12.2 Å². The van der Waals surface area contributed by atoms with Gasteiger partial charge >= 0.3 is 0 Å². The molecule has 0 saturated heterocycles. The number of nitrogens with zero attached hydrogens (tertiary/aromatic N) is 2. The number of guanidine groups is 1. The second-order valence-electron chi connectivity index (χ2n) is 3.19. The minimum atomic E-state index is 0.0956. The molecule has 1 aliphatic heterocycles. The highest BCUT2D eigenvalue weighted by atomic mass is 16.3. The smallest absolute Gasteiger partial charge is 0.227 e. The minimum Gasteiger partial charge on any atom is -0.395 e. The average Bonchev–Trinajstić information content (AvgIpc) is 2.55. The standard InChI is InChI=1S/C11H18N4O/c1-2-5-10(12-8-9-16)15-11-13-6-3-4-7-14-11/h3,5-7,12,16H,2,4,8-9H2,1H3,(H,13,15)/b10-5+. The molecule has 3 N–H and O–H groups in total. The van der Waals surface area contributed by atoms with Gasteiger partial charge in [0.1, 0.15) is 5.82 Å². The van der Waals surface area contributed by atoms with E-state index in [2.05, 4.69) is 20.6 Å². The summed E-state index contributed by atoms with van der Waals surface area (Å²) in [6.45, 7) is 2.64. The van der Waals surface area contributed by atoms with Crippen LogP contribution in [0.15, 0.2) is 34.2 Å². The molecule has 0 bridgehead atoms. The number of nitrogens with one attached hydrogen (secondary N) is 2. The van der Waals surface area contributed by atoms with E-state index in [1.165, 1.54) is 0 Å². The van der Waals surface area contributed by atoms with Gasteiger partial charge in [-0.1, -0.05) is 13.0 Å². The Kier molecular flexibility index (Phi) is 5.95. The molecular weight excluding hydrogens is 204 g/mol. The van der Waals surface area contributed by atoms with Gasteiger partial charge in [0.05, 0.1) is 6.61 Å². The molecule has 0 aliphatic carbocycles. The molecule has 0 fully saturated rings. The second kappa shape index (κ2) is 7.64. The molecule has 5 heteroatoms. The van der Waals surface area contributed by atoms with Crippen molar-refractivity contribution in [3.8, 4) is 0 Å². The number of aliphatic imine (C=N–C) groups is 2. The third-order valence-electron chi connectivity index (χ3n) is 1.84. The lowest BCUT2D eigenvalue weighted by Crippen LogP contribution is -2.32. The van der Waals surface area contributed by atoms with E-state index in [1.807, 2.05) is 19.1 Å². The van der Waals surface area contributed by atoms with E-state index < -0.39 is 0 Å². The highest BCUT2D eigenvalue weighted by molar-refractivity contribution is 5.90. The fraction of sp³-hybridized carbons (Fsp3) is 0.455. The van der Waals surface area contributed by atoms with Crippen molar-refractivity contribution in [3.63, 3.8) is 0 Å². The van der Waals surface area contributed by atoms with Crippen molar-refractivity contribution in [1.29, 1.82) is 0 Å². The highest BCUT2D eigenvalue weighted by Crippen LogP contribution is 1.94. The molecule has 88 valence electrons. The molecule has 0 amide bonds. The van der Waals surface area contributed by atoms with E-state index in [1.54, 1.807) is 12.4 Å². The van der Waals surface area contributed by atoms with Gasteiger partial charge in [-0.25, -0.2) is 9.98 Å². The highest BCUT2D eigenvalue weighted by Gasteiger charge is 2.00. The summed E-state index contributed by atoms with van der Waals surface area (Å²) in [6.07, 6.45) is 9.14. The van der Waals surface area contributed by atoms with Gasteiger partial charge < -0.3 is 15.7 Å². The van der Waals surface area contributed by atoms with Gasteiger partial charge in [0, 0.05) is 25.4 Å². The molecule has 0 spiro atoms. The van der Waals surface area contributed by atoms with E-state index in [0.29, 0.717) is 12.5 Å². The Morgan fingerprint density at radius 2 is 2.50 bits per heavy atom. The average molecular weight is 222 g/mol. The first-order chi connectivity index (χ1) is 7.86. The molecule has 5 nitrogen and oxygen atoms in total. The summed E-state index contributed by atoms with van der Waals surface area (Å²) >= 11 is 0. The van der Waals surface area contributed by atoms with Crippen molar-refractivity contribution in [2.24, 2.45) is 9.98 Å². The number of rotatable bonds is 5. The predicted molar refractivity (Wildman–Crippen MR) is 66.3 cm³/mol. The Balaban J connectivity index is 2.56. The summed E-state index contributed by atoms with van der Waals surface area (Å²) in [7, 11) is 0. The second-order valence-corrected chi connectivity index (χ2v) is 3.19. The number of allylic oxidation sites excluding steroid dienone is 2. The van der Waals surface area contributed by atoms with Crippen LogP contribution in [0.2, 0.25) is 0 Å². The first kappa shape index (κ1) is 12.4. The number of hydrogen-bond donors (Lipinski definition) is 3.